The number of aromatic nitrogens is 2. The molecule has 25 heavy (non-hydrogen) atoms. The van der Waals surface area contributed by atoms with Gasteiger partial charge in [0.15, 0.2) is 5.96 Å². The first-order valence-corrected chi connectivity index (χ1v) is 9.05. The van der Waals surface area contributed by atoms with Crippen LogP contribution in [-0.4, -0.2) is 59.0 Å². The monoisotopic (exact) mass is 462 g/mol. The number of hydrogen-bond acceptors (Lipinski definition) is 3. The Morgan fingerprint density at radius 1 is 1.28 bits per heavy atom. The third kappa shape index (κ3) is 8.55. The Bertz CT molecular complexity index is 505. The molecule has 2 rings (SSSR count). The van der Waals surface area contributed by atoms with E-state index in [1.165, 1.54) is 6.42 Å². The Morgan fingerprint density at radius 3 is 2.92 bits per heavy atom. The van der Waals surface area contributed by atoms with Gasteiger partial charge in [0.05, 0.1) is 6.33 Å². The molecule has 7 nitrogen and oxygen atoms in total. The minimum atomic E-state index is 0. The number of carbonyl (C=O) groups is 1. The number of hydrogen-bond donors (Lipinski definition) is 2. The van der Waals surface area contributed by atoms with E-state index < -0.39 is 0 Å². The topological polar surface area (TPSA) is 74.6 Å². The van der Waals surface area contributed by atoms with Gasteiger partial charge in [-0.25, -0.2) is 4.98 Å². The minimum Gasteiger partial charge on any atom is -0.357 e. The molecule has 0 aromatic carbocycles. The van der Waals surface area contributed by atoms with Gasteiger partial charge in [0.1, 0.15) is 0 Å². The van der Waals surface area contributed by atoms with E-state index in [-0.39, 0.29) is 24.0 Å². The van der Waals surface area contributed by atoms with Gasteiger partial charge < -0.3 is 20.1 Å². The van der Waals surface area contributed by atoms with E-state index in [0.29, 0.717) is 12.3 Å². The molecule has 142 valence electrons. The van der Waals surface area contributed by atoms with Crippen molar-refractivity contribution in [1.29, 1.82) is 0 Å². The maximum Gasteiger partial charge on any atom is 0.222 e. The summed E-state index contributed by atoms with van der Waals surface area (Å²) in [5.74, 6) is 1.14. The van der Waals surface area contributed by atoms with E-state index in [4.69, 9.17) is 0 Å². The molecule has 0 bridgehead atoms. The molecule has 1 fully saturated rings. The second-order valence-electron chi connectivity index (χ2n) is 6.03. The fourth-order valence-corrected chi connectivity index (χ4v) is 2.79. The quantitative estimate of drug-likeness (QED) is 0.268. The highest BCUT2D eigenvalue weighted by molar-refractivity contribution is 14.0. The fraction of sp³-hybridized carbons (Fsp3) is 0.706. The number of amides is 1. The lowest BCUT2D eigenvalue weighted by Gasteiger charge is -2.20. The standard InChI is InChI=1S/C17H30N6O.HI/c1-2-19-17(21-10-14-22-13-9-18-15-22)20-8-6-12-23-11-5-3-4-7-16(23)24;/h9,13,15H,2-8,10-12,14H2,1H3,(H2,19,20,21);1H. The van der Waals surface area contributed by atoms with E-state index in [0.717, 1.165) is 64.5 Å². The lowest BCUT2D eigenvalue weighted by atomic mass is 10.2. The summed E-state index contributed by atoms with van der Waals surface area (Å²) in [6.45, 7) is 7.00. The van der Waals surface area contributed by atoms with Gasteiger partial charge in [-0.3, -0.25) is 9.79 Å². The molecule has 0 saturated carbocycles. The van der Waals surface area contributed by atoms with Gasteiger partial charge in [0, 0.05) is 58.1 Å². The molecule has 1 aromatic heterocycles. The fourth-order valence-electron chi connectivity index (χ4n) is 2.79. The van der Waals surface area contributed by atoms with Crippen LogP contribution in [0.4, 0.5) is 0 Å². The van der Waals surface area contributed by atoms with Gasteiger partial charge in [0.25, 0.3) is 0 Å². The molecule has 1 aliphatic rings. The van der Waals surface area contributed by atoms with Crippen molar-refractivity contribution in [2.75, 3.05) is 32.7 Å². The highest BCUT2D eigenvalue weighted by atomic mass is 127. The second kappa shape index (κ2) is 13.0. The average Bonchev–Trinajstić information content (AvgIpc) is 3.01. The Morgan fingerprint density at radius 2 is 2.16 bits per heavy atom. The van der Waals surface area contributed by atoms with Crippen LogP contribution in [0, 0.1) is 0 Å². The van der Waals surface area contributed by atoms with Crippen LogP contribution < -0.4 is 10.6 Å². The molecule has 1 saturated heterocycles. The summed E-state index contributed by atoms with van der Waals surface area (Å²) < 4.78 is 2.03. The Kier molecular flexibility index (Phi) is 11.3. The first-order valence-electron chi connectivity index (χ1n) is 9.05. The summed E-state index contributed by atoms with van der Waals surface area (Å²) in [5, 5.41) is 6.58. The first-order chi connectivity index (χ1) is 11.8. The summed E-state index contributed by atoms with van der Waals surface area (Å²) in [5.41, 5.74) is 0. The van der Waals surface area contributed by atoms with Gasteiger partial charge in [-0.05, 0) is 26.2 Å². The normalized spacial score (nSPS) is 15.5. The molecule has 8 heteroatoms. The predicted molar refractivity (Wildman–Crippen MR) is 111 cm³/mol. The zero-order valence-corrected chi connectivity index (χ0v) is 17.4. The Balaban J connectivity index is 0.00000312. The molecule has 0 aliphatic carbocycles. The van der Waals surface area contributed by atoms with E-state index in [1.54, 1.807) is 6.20 Å². The maximum absolute atomic E-state index is 12.0. The van der Waals surface area contributed by atoms with Crippen molar-refractivity contribution in [2.45, 2.75) is 45.6 Å². The van der Waals surface area contributed by atoms with Crippen molar-refractivity contribution in [3.05, 3.63) is 18.7 Å². The third-order valence-electron chi connectivity index (χ3n) is 4.09. The van der Waals surface area contributed by atoms with Crippen molar-refractivity contribution in [3.63, 3.8) is 0 Å². The zero-order chi connectivity index (χ0) is 17.0. The van der Waals surface area contributed by atoms with Crippen LogP contribution in [-0.2, 0) is 11.3 Å². The molecule has 1 aliphatic heterocycles. The molecule has 0 unspecified atom stereocenters. The van der Waals surface area contributed by atoms with Crippen molar-refractivity contribution in [1.82, 2.24) is 25.1 Å². The molecule has 0 radical (unpaired) electrons. The largest absolute Gasteiger partial charge is 0.357 e. The number of nitrogens with zero attached hydrogens (tertiary/aromatic N) is 4. The molecule has 0 spiro atoms. The summed E-state index contributed by atoms with van der Waals surface area (Å²) >= 11 is 0. The van der Waals surface area contributed by atoms with Crippen LogP contribution in [0.3, 0.4) is 0 Å². The molecular weight excluding hydrogens is 431 g/mol. The van der Waals surface area contributed by atoms with Crippen LogP contribution in [0.15, 0.2) is 23.7 Å². The van der Waals surface area contributed by atoms with Gasteiger partial charge in [-0.2, -0.15) is 0 Å². The van der Waals surface area contributed by atoms with Crippen LogP contribution in [0.5, 0.6) is 0 Å². The van der Waals surface area contributed by atoms with E-state index in [2.05, 4.69) is 27.5 Å². The first kappa shape index (κ1) is 21.7. The van der Waals surface area contributed by atoms with Crippen LogP contribution >= 0.6 is 24.0 Å². The number of guanidine groups is 1. The van der Waals surface area contributed by atoms with Crippen molar-refractivity contribution >= 4 is 35.8 Å². The van der Waals surface area contributed by atoms with Crippen molar-refractivity contribution in [2.24, 2.45) is 4.99 Å². The van der Waals surface area contributed by atoms with Gasteiger partial charge >= 0.3 is 0 Å². The third-order valence-corrected chi connectivity index (χ3v) is 4.09. The van der Waals surface area contributed by atoms with Crippen molar-refractivity contribution in [3.8, 4) is 0 Å². The second-order valence-corrected chi connectivity index (χ2v) is 6.03. The summed E-state index contributed by atoms with van der Waals surface area (Å²) in [7, 11) is 0. The smallest absolute Gasteiger partial charge is 0.222 e. The number of aliphatic imine (C=N–C) groups is 1. The molecule has 1 amide bonds. The highest BCUT2D eigenvalue weighted by Gasteiger charge is 2.15. The Labute approximate surface area is 167 Å². The van der Waals surface area contributed by atoms with Gasteiger partial charge in [-0.1, -0.05) is 6.42 Å². The van der Waals surface area contributed by atoms with E-state index in [1.807, 2.05) is 22.0 Å². The number of rotatable bonds is 8. The molecule has 1 aromatic rings. The minimum absolute atomic E-state index is 0. The molecule has 2 heterocycles. The number of halogens is 1. The maximum atomic E-state index is 12.0. The number of carbonyl (C=O) groups excluding carboxylic acids is 1. The molecular formula is C17H31IN6O. The zero-order valence-electron chi connectivity index (χ0n) is 15.1. The van der Waals surface area contributed by atoms with Crippen LogP contribution in [0.2, 0.25) is 0 Å². The van der Waals surface area contributed by atoms with Gasteiger partial charge in [-0.15, -0.1) is 24.0 Å². The van der Waals surface area contributed by atoms with Gasteiger partial charge in [0.2, 0.25) is 5.91 Å². The lowest BCUT2D eigenvalue weighted by molar-refractivity contribution is -0.130. The van der Waals surface area contributed by atoms with E-state index in [9.17, 15) is 4.79 Å². The number of imidazole rings is 1. The summed E-state index contributed by atoms with van der Waals surface area (Å²) in [6, 6.07) is 0. The molecule has 2 N–H and O–H groups in total. The van der Waals surface area contributed by atoms with Crippen molar-refractivity contribution < 1.29 is 4.79 Å². The van der Waals surface area contributed by atoms with Crippen LogP contribution in [0.25, 0.3) is 0 Å². The molecule has 0 atom stereocenters. The number of nitrogens with one attached hydrogen (secondary N) is 2. The SMILES string of the molecule is CCNC(=NCCCN1CCCCCC1=O)NCCn1ccnc1.I. The summed E-state index contributed by atoms with van der Waals surface area (Å²) in [6.07, 6.45) is 10.5. The lowest BCUT2D eigenvalue weighted by Crippen LogP contribution is -2.39. The van der Waals surface area contributed by atoms with E-state index >= 15 is 0 Å². The Hall–Kier alpha value is -1.32. The average molecular weight is 462 g/mol. The number of likely N-dealkylation sites (tertiary alicyclic amines) is 1. The highest BCUT2D eigenvalue weighted by Crippen LogP contribution is 2.11. The summed E-state index contributed by atoms with van der Waals surface area (Å²) in [4.78, 5) is 22.6. The van der Waals surface area contributed by atoms with Crippen LogP contribution in [0.1, 0.15) is 39.0 Å². The predicted octanol–water partition coefficient (Wildman–Crippen LogP) is 1.85.